The first-order valence-corrected chi connectivity index (χ1v) is 6.62. The van der Waals surface area contributed by atoms with Crippen LogP contribution in [0.1, 0.15) is 6.42 Å². The Bertz CT molecular complexity index is 477. The maximum Gasteiger partial charge on any atom is 0.341 e. The number of urea groups is 1. The monoisotopic (exact) mass is 295 g/mol. The van der Waals surface area contributed by atoms with E-state index < -0.39 is 12.6 Å². The molecule has 0 aliphatic heterocycles. The Morgan fingerprint density at radius 3 is 2.67 bits per heavy atom. The highest BCUT2D eigenvalue weighted by atomic mass is 16.5. The molecule has 7 nitrogen and oxygen atoms in total. The minimum Gasteiger partial charge on any atom is -0.480 e. The molecular formula is C14H21N3O4. The predicted molar refractivity (Wildman–Crippen MR) is 79.8 cm³/mol. The molecule has 0 spiro atoms. The summed E-state index contributed by atoms with van der Waals surface area (Å²) in [7, 11) is 3.94. The lowest BCUT2D eigenvalue weighted by Crippen LogP contribution is -2.31. The Morgan fingerprint density at radius 1 is 1.29 bits per heavy atom. The molecule has 0 aromatic heterocycles. The number of carboxylic acid groups (broad SMARTS) is 1. The van der Waals surface area contributed by atoms with Crippen molar-refractivity contribution >= 4 is 17.7 Å². The molecule has 21 heavy (non-hydrogen) atoms. The zero-order valence-corrected chi connectivity index (χ0v) is 12.3. The summed E-state index contributed by atoms with van der Waals surface area (Å²) >= 11 is 0. The van der Waals surface area contributed by atoms with Crippen molar-refractivity contribution in [3.8, 4) is 5.75 Å². The van der Waals surface area contributed by atoms with E-state index in [9.17, 15) is 9.59 Å². The molecule has 0 atom stereocenters. The van der Waals surface area contributed by atoms with Crippen molar-refractivity contribution in [1.82, 2.24) is 10.2 Å². The van der Waals surface area contributed by atoms with Crippen molar-refractivity contribution in [1.29, 1.82) is 0 Å². The average Bonchev–Trinajstić information content (AvgIpc) is 2.42. The van der Waals surface area contributed by atoms with Gasteiger partial charge in [-0.1, -0.05) is 12.1 Å². The minimum absolute atomic E-state index is 0.323. The smallest absolute Gasteiger partial charge is 0.341 e. The molecule has 1 aromatic rings. The van der Waals surface area contributed by atoms with Crippen LogP contribution in [-0.2, 0) is 4.79 Å². The number of rotatable bonds is 8. The van der Waals surface area contributed by atoms with Crippen LogP contribution in [0.5, 0.6) is 5.75 Å². The van der Waals surface area contributed by atoms with Crippen LogP contribution in [0.25, 0.3) is 0 Å². The zero-order valence-electron chi connectivity index (χ0n) is 12.3. The van der Waals surface area contributed by atoms with Crippen molar-refractivity contribution in [2.45, 2.75) is 6.42 Å². The molecular weight excluding hydrogens is 274 g/mol. The normalized spacial score (nSPS) is 10.2. The van der Waals surface area contributed by atoms with Gasteiger partial charge in [-0.05, 0) is 39.2 Å². The van der Waals surface area contributed by atoms with Crippen LogP contribution in [0.3, 0.4) is 0 Å². The Balaban J connectivity index is 2.46. The molecule has 2 amide bonds. The highest BCUT2D eigenvalue weighted by Gasteiger charge is 2.08. The van der Waals surface area contributed by atoms with Crippen LogP contribution in [0, 0.1) is 0 Å². The van der Waals surface area contributed by atoms with Gasteiger partial charge in [-0.3, -0.25) is 0 Å². The SMILES string of the molecule is CN(C)CCCNC(=O)Nc1ccccc1OCC(=O)O. The number of aliphatic carboxylic acids is 1. The van der Waals surface area contributed by atoms with Crippen LogP contribution in [0.15, 0.2) is 24.3 Å². The fraction of sp³-hybridized carbons (Fsp3) is 0.429. The Labute approximate surface area is 123 Å². The molecule has 0 bridgehead atoms. The van der Waals surface area contributed by atoms with Gasteiger partial charge in [0.25, 0.3) is 0 Å². The Morgan fingerprint density at radius 2 is 2.00 bits per heavy atom. The highest BCUT2D eigenvalue weighted by molar-refractivity contribution is 5.90. The van der Waals surface area contributed by atoms with E-state index in [1.54, 1.807) is 24.3 Å². The number of nitrogens with zero attached hydrogens (tertiary/aromatic N) is 1. The van der Waals surface area contributed by atoms with Gasteiger partial charge in [0.2, 0.25) is 0 Å². The highest BCUT2D eigenvalue weighted by Crippen LogP contribution is 2.23. The maximum atomic E-state index is 11.7. The summed E-state index contributed by atoms with van der Waals surface area (Å²) < 4.78 is 5.11. The summed E-state index contributed by atoms with van der Waals surface area (Å²) in [5.41, 5.74) is 0.434. The summed E-state index contributed by atoms with van der Waals surface area (Å²) in [6, 6.07) is 6.34. The number of ether oxygens (including phenoxy) is 1. The molecule has 1 rings (SSSR count). The molecule has 7 heteroatoms. The van der Waals surface area contributed by atoms with Crippen LogP contribution >= 0.6 is 0 Å². The van der Waals surface area contributed by atoms with Gasteiger partial charge in [-0.15, -0.1) is 0 Å². The second-order valence-electron chi connectivity index (χ2n) is 4.72. The number of carboxylic acids is 1. The third-order valence-electron chi connectivity index (χ3n) is 2.55. The van der Waals surface area contributed by atoms with Crippen LogP contribution in [0.4, 0.5) is 10.5 Å². The predicted octanol–water partition coefficient (Wildman–Crippen LogP) is 1.22. The van der Waals surface area contributed by atoms with Gasteiger partial charge >= 0.3 is 12.0 Å². The summed E-state index contributed by atoms with van der Waals surface area (Å²) in [4.78, 5) is 24.3. The number of carbonyl (C=O) groups excluding carboxylic acids is 1. The molecule has 0 saturated carbocycles. The van der Waals surface area contributed by atoms with E-state index in [4.69, 9.17) is 9.84 Å². The lowest BCUT2D eigenvalue weighted by atomic mass is 10.3. The van der Waals surface area contributed by atoms with Gasteiger partial charge in [0.05, 0.1) is 5.69 Å². The summed E-state index contributed by atoms with van der Waals surface area (Å²) in [5, 5.41) is 14.0. The van der Waals surface area contributed by atoms with E-state index in [-0.39, 0.29) is 6.03 Å². The summed E-state index contributed by atoms with van der Waals surface area (Å²) in [6.45, 7) is 0.990. The molecule has 0 saturated heterocycles. The van der Waals surface area contributed by atoms with E-state index in [0.29, 0.717) is 18.0 Å². The number of hydrogen-bond acceptors (Lipinski definition) is 4. The second-order valence-corrected chi connectivity index (χ2v) is 4.72. The van der Waals surface area contributed by atoms with E-state index in [2.05, 4.69) is 10.6 Å². The van der Waals surface area contributed by atoms with Crippen LogP contribution in [0.2, 0.25) is 0 Å². The quantitative estimate of drug-likeness (QED) is 0.627. The zero-order chi connectivity index (χ0) is 15.7. The molecule has 3 N–H and O–H groups in total. The van der Waals surface area contributed by atoms with Crippen molar-refractivity contribution in [3.05, 3.63) is 24.3 Å². The molecule has 0 aliphatic carbocycles. The topological polar surface area (TPSA) is 90.9 Å². The first kappa shape index (κ1) is 16.8. The largest absolute Gasteiger partial charge is 0.480 e. The van der Waals surface area contributed by atoms with E-state index in [1.807, 2.05) is 19.0 Å². The van der Waals surface area contributed by atoms with Gasteiger partial charge in [0, 0.05) is 6.54 Å². The van der Waals surface area contributed by atoms with Gasteiger partial charge < -0.3 is 25.4 Å². The van der Waals surface area contributed by atoms with Crippen molar-refractivity contribution < 1.29 is 19.4 Å². The maximum absolute atomic E-state index is 11.7. The third-order valence-corrected chi connectivity index (χ3v) is 2.55. The lowest BCUT2D eigenvalue weighted by molar-refractivity contribution is -0.139. The molecule has 116 valence electrons. The third kappa shape index (κ3) is 7.17. The fourth-order valence-corrected chi connectivity index (χ4v) is 1.60. The molecule has 0 radical (unpaired) electrons. The number of amides is 2. The number of nitrogens with one attached hydrogen (secondary N) is 2. The molecule has 1 aromatic carbocycles. The van der Waals surface area contributed by atoms with Gasteiger partial charge in [-0.2, -0.15) is 0 Å². The van der Waals surface area contributed by atoms with Crippen LogP contribution < -0.4 is 15.4 Å². The summed E-state index contributed by atoms with van der Waals surface area (Å²) in [5.74, 6) is -0.749. The number of benzene rings is 1. The first-order chi connectivity index (χ1) is 9.99. The minimum atomic E-state index is -1.07. The lowest BCUT2D eigenvalue weighted by Gasteiger charge is -2.13. The van der Waals surface area contributed by atoms with E-state index in [1.165, 1.54) is 0 Å². The van der Waals surface area contributed by atoms with Crippen molar-refractivity contribution in [2.75, 3.05) is 39.1 Å². The number of para-hydroxylation sites is 2. The van der Waals surface area contributed by atoms with Gasteiger partial charge in [0.1, 0.15) is 5.75 Å². The van der Waals surface area contributed by atoms with Gasteiger partial charge in [0.15, 0.2) is 6.61 Å². The van der Waals surface area contributed by atoms with E-state index in [0.717, 1.165) is 13.0 Å². The summed E-state index contributed by atoms with van der Waals surface area (Å²) in [6.07, 6.45) is 0.845. The number of anilines is 1. The van der Waals surface area contributed by atoms with Crippen molar-refractivity contribution in [2.24, 2.45) is 0 Å². The Kier molecular flexibility index (Phi) is 7.03. The Hall–Kier alpha value is -2.28. The molecule has 0 fully saturated rings. The molecule has 0 unspecified atom stereocenters. The number of hydrogen-bond donors (Lipinski definition) is 3. The fourth-order valence-electron chi connectivity index (χ4n) is 1.60. The molecule has 0 aliphatic rings. The first-order valence-electron chi connectivity index (χ1n) is 6.62. The van der Waals surface area contributed by atoms with Crippen LogP contribution in [-0.4, -0.2) is 55.8 Å². The van der Waals surface area contributed by atoms with Gasteiger partial charge in [-0.25, -0.2) is 9.59 Å². The van der Waals surface area contributed by atoms with Crippen molar-refractivity contribution in [3.63, 3.8) is 0 Å². The second kappa shape index (κ2) is 8.80. The number of carbonyl (C=O) groups is 2. The molecule has 0 heterocycles. The standard InChI is InChI=1S/C14H21N3O4/c1-17(2)9-5-8-15-14(20)16-11-6-3-4-7-12(11)21-10-13(18)19/h3-4,6-7H,5,8-10H2,1-2H3,(H,18,19)(H2,15,16,20). The average molecular weight is 295 g/mol. The van der Waals surface area contributed by atoms with E-state index >= 15 is 0 Å².